The van der Waals surface area contributed by atoms with Crippen molar-refractivity contribution in [3.63, 3.8) is 0 Å². The molecule has 0 atom stereocenters. The highest BCUT2D eigenvalue weighted by Crippen LogP contribution is 2.05. The van der Waals surface area contributed by atoms with Crippen molar-refractivity contribution < 1.29 is 14.7 Å². The highest BCUT2D eigenvalue weighted by atomic mass is 16.4. The van der Waals surface area contributed by atoms with E-state index in [1.54, 1.807) is 10.9 Å². The van der Waals surface area contributed by atoms with Crippen LogP contribution < -0.4 is 0 Å². The number of nitrogens with zero attached hydrogens (tertiary/aromatic N) is 3. The predicted octanol–water partition coefficient (Wildman–Crippen LogP) is 1.23. The summed E-state index contributed by atoms with van der Waals surface area (Å²) in [5.74, 6) is -1.07. The van der Waals surface area contributed by atoms with E-state index in [2.05, 4.69) is 5.10 Å². The molecule has 0 aromatic carbocycles. The van der Waals surface area contributed by atoms with E-state index in [4.69, 9.17) is 5.11 Å². The molecule has 0 radical (unpaired) electrons. The number of amides is 1. The summed E-state index contributed by atoms with van der Waals surface area (Å²) >= 11 is 0. The Morgan fingerprint density at radius 1 is 1.44 bits per heavy atom. The molecule has 6 nitrogen and oxygen atoms in total. The summed E-state index contributed by atoms with van der Waals surface area (Å²) in [6.45, 7) is 5.35. The monoisotopic (exact) mass is 253 g/mol. The van der Waals surface area contributed by atoms with E-state index in [9.17, 15) is 9.59 Å². The second-order valence-corrected chi connectivity index (χ2v) is 4.02. The van der Waals surface area contributed by atoms with Gasteiger partial charge in [0.1, 0.15) is 0 Å². The van der Waals surface area contributed by atoms with Gasteiger partial charge in [-0.15, -0.1) is 0 Å². The zero-order chi connectivity index (χ0) is 13.5. The lowest BCUT2D eigenvalue weighted by atomic mass is 10.3. The number of rotatable bonds is 7. The molecule has 0 fully saturated rings. The molecule has 0 bridgehead atoms. The van der Waals surface area contributed by atoms with Crippen LogP contribution in [0.2, 0.25) is 0 Å². The molecule has 6 heteroatoms. The Morgan fingerprint density at radius 2 is 2.17 bits per heavy atom. The van der Waals surface area contributed by atoms with Gasteiger partial charge >= 0.3 is 5.97 Å². The van der Waals surface area contributed by atoms with Crippen LogP contribution in [-0.4, -0.2) is 44.8 Å². The Morgan fingerprint density at radius 3 is 2.72 bits per heavy atom. The van der Waals surface area contributed by atoms with Crippen molar-refractivity contribution in [1.29, 1.82) is 0 Å². The van der Waals surface area contributed by atoms with Gasteiger partial charge in [-0.3, -0.25) is 14.3 Å². The van der Waals surface area contributed by atoms with Gasteiger partial charge in [0.15, 0.2) is 0 Å². The molecular weight excluding hydrogens is 234 g/mol. The Labute approximate surface area is 106 Å². The maximum Gasteiger partial charge on any atom is 0.305 e. The maximum absolute atomic E-state index is 12.1. The molecular formula is C12H19N3O3. The highest BCUT2D eigenvalue weighted by molar-refractivity contribution is 5.93. The number of hydrogen-bond acceptors (Lipinski definition) is 3. The first-order valence-electron chi connectivity index (χ1n) is 6.12. The minimum Gasteiger partial charge on any atom is -0.481 e. The average molecular weight is 253 g/mol. The van der Waals surface area contributed by atoms with Crippen molar-refractivity contribution >= 4 is 11.9 Å². The van der Waals surface area contributed by atoms with Gasteiger partial charge in [0.25, 0.3) is 5.91 Å². The first kappa shape index (κ1) is 14.2. The first-order valence-corrected chi connectivity index (χ1v) is 6.12. The number of carbonyl (C=O) groups excluding carboxylic acids is 1. The van der Waals surface area contributed by atoms with Gasteiger partial charge in [-0.05, 0) is 13.3 Å². The van der Waals surface area contributed by atoms with Crippen LogP contribution >= 0.6 is 0 Å². The Bertz CT molecular complexity index is 414. The van der Waals surface area contributed by atoms with E-state index in [1.807, 2.05) is 13.8 Å². The molecule has 1 aromatic rings. The third-order valence-electron chi connectivity index (χ3n) is 2.60. The fourth-order valence-electron chi connectivity index (χ4n) is 1.64. The van der Waals surface area contributed by atoms with Gasteiger partial charge in [0.2, 0.25) is 0 Å². The van der Waals surface area contributed by atoms with Crippen LogP contribution in [0.3, 0.4) is 0 Å². The summed E-state index contributed by atoms with van der Waals surface area (Å²) in [4.78, 5) is 24.1. The SMILES string of the molecule is CCCn1cc(C(=O)N(CC)CCC(=O)O)cn1. The summed E-state index contributed by atoms with van der Waals surface area (Å²) in [5.41, 5.74) is 0.510. The smallest absolute Gasteiger partial charge is 0.305 e. The summed E-state index contributed by atoms with van der Waals surface area (Å²) in [6.07, 6.45) is 4.14. The summed E-state index contributed by atoms with van der Waals surface area (Å²) < 4.78 is 1.72. The molecule has 0 saturated heterocycles. The second kappa shape index (κ2) is 6.78. The molecule has 0 aliphatic heterocycles. The fourth-order valence-corrected chi connectivity index (χ4v) is 1.64. The van der Waals surface area contributed by atoms with Crippen LogP contribution in [0.1, 0.15) is 37.0 Å². The van der Waals surface area contributed by atoms with Crippen molar-refractivity contribution in [3.8, 4) is 0 Å². The zero-order valence-electron chi connectivity index (χ0n) is 10.8. The lowest BCUT2D eigenvalue weighted by Crippen LogP contribution is -2.32. The van der Waals surface area contributed by atoms with E-state index in [1.165, 1.54) is 11.1 Å². The first-order chi connectivity index (χ1) is 8.58. The molecule has 1 rings (SSSR count). The standard InChI is InChI=1S/C12H19N3O3/c1-3-6-15-9-10(8-13-15)12(18)14(4-2)7-5-11(16)17/h8-9H,3-7H2,1-2H3,(H,16,17). The highest BCUT2D eigenvalue weighted by Gasteiger charge is 2.16. The van der Waals surface area contributed by atoms with E-state index in [0.29, 0.717) is 12.1 Å². The topological polar surface area (TPSA) is 75.4 Å². The number of aryl methyl sites for hydroxylation is 1. The molecule has 1 aromatic heterocycles. The van der Waals surface area contributed by atoms with Gasteiger partial charge in [-0.1, -0.05) is 6.92 Å². The molecule has 0 spiro atoms. The van der Waals surface area contributed by atoms with Gasteiger partial charge in [0.05, 0.1) is 18.2 Å². The number of carbonyl (C=O) groups is 2. The Hall–Kier alpha value is -1.85. The quantitative estimate of drug-likeness (QED) is 0.793. The van der Waals surface area contributed by atoms with E-state index in [-0.39, 0.29) is 18.9 Å². The number of aliphatic carboxylic acids is 1. The molecule has 1 amide bonds. The van der Waals surface area contributed by atoms with Crippen LogP contribution in [0, 0.1) is 0 Å². The summed E-state index contributed by atoms with van der Waals surface area (Å²) in [6, 6.07) is 0. The molecule has 1 heterocycles. The van der Waals surface area contributed by atoms with Crippen molar-refractivity contribution in [2.24, 2.45) is 0 Å². The molecule has 0 saturated carbocycles. The van der Waals surface area contributed by atoms with Crippen LogP contribution in [0.5, 0.6) is 0 Å². The third kappa shape index (κ3) is 3.87. The Balaban J connectivity index is 2.66. The van der Waals surface area contributed by atoms with Crippen molar-refractivity contribution in [1.82, 2.24) is 14.7 Å². The minimum absolute atomic E-state index is 0.0390. The molecule has 0 unspecified atom stereocenters. The summed E-state index contributed by atoms with van der Waals surface area (Å²) in [7, 11) is 0. The predicted molar refractivity (Wildman–Crippen MR) is 66.3 cm³/mol. The normalized spacial score (nSPS) is 10.3. The molecule has 0 aliphatic rings. The largest absolute Gasteiger partial charge is 0.481 e. The second-order valence-electron chi connectivity index (χ2n) is 4.02. The van der Waals surface area contributed by atoms with Crippen molar-refractivity contribution in [2.45, 2.75) is 33.2 Å². The van der Waals surface area contributed by atoms with E-state index < -0.39 is 5.97 Å². The third-order valence-corrected chi connectivity index (χ3v) is 2.60. The van der Waals surface area contributed by atoms with Gasteiger partial charge in [-0.2, -0.15) is 5.10 Å². The van der Waals surface area contributed by atoms with Crippen molar-refractivity contribution in [3.05, 3.63) is 18.0 Å². The zero-order valence-corrected chi connectivity index (χ0v) is 10.8. The number of aromatic nitrogens is 2. The van der Waals surface area contributed by atoms with Crippen LogP contribution in [0.15, 0.2) is 12.4 Å². The molecule has 18 heavy (non-hydrogen) atoms. The van der Waals surface area contributed by atoms with E-state index >= 15 is 0 Å². The lowest BCUT2D eigenvalue weighted by molar-refractivity contribution is -0.137. The number of carboxylic acid groups (broad SMARTS) is 1. The average Bonchev–Trinajstić information content (AvgIpc) is 2.78. The fraction of sp³-hybridized carbons (Fsp3) is 0.583. The molecule has 100 valence electrons. The van der Waals surface area contributed by atoms with Gasteiger partial charge in [0, 0.05) is 25.8 Å². The van der Waals surface area contributed by atoms with E-state index in [0.717, 1.165) is 13.0 Å². The number of hydrogen-bond donors (Lipinski definition) is 1. The van der Waals surface area contributed by atoms with Gasteiger partial charge in [-0.25, -0.2) is 0 Å². The van der Waals surface area contributed by atoms with Crippen molar-refractivity contribution in [2.75, 3.05) is 13.1 Å². The molecule has 1 N–H and O–H groups in total. The van der Waals surface area contributed by atoms with Gasteiger partial charge < -0.3 is 10.0 Å². The van der Waals surface area contributed by atoms with Crippen LogP contribution in [0.25, 0.3) is 0 Å². The summed E-state index contributed by atoms with van der Waals surface area (Å²) in [5, 5.41) is 12.7. The van der Waals surface area contributed by atoms with Crippen LogP contribution in [-0.2, 0) is 11.3 Å². The molecule has 0 aliphatic carbocycles. The van der Waals surface area contributed by atoms with Crippen LogP contribution in [0.4, 0.5) is 0 Å². The lowest BCUT2D eigenvalue weighted by Gasteiger charge is -2.18. The Kier molecular flexibility index (Phi) is 5.35. The number of carboxylic acids is 1. The maximum atomic E-state index is 12.1. The minimum atomic E-state index is -0.900.